The first-order valence-corrected chi connectivity index (χ1v) is 6.85. The quantitative estimate of drug-likeness (QED) is 0.910. The van der Waals surface area contributed by atoms with Crippen molar-refractivity contribution in [1.82, 2.24) is 0 Å². The van der Waals surface area contributed by atoms with Gasteiger partial charge in [0, 0.05) is 32.4 Å². The molecule has 0 bridgehead atoms. The number of aliphatic hydroxyl groups is 1. The molecule has 0 radical (unpaired) electrons. The van der Waals surface area contributed by atoms with Crippen LogP contribution in [0.2, 0.25) is 0 Å². The normalized spacial score (nSPS) is 18.3. The fourth-order valence-electron chi connectivity index (χ4n) is 2.68. The lowest BCUT2D eigenvalue weighted by atomic mass is 9.98. The summed E-state index contributed by atoms with van der Waals surface area (Å²) in [6.45, 7) is 4.04. The molecule has 4 heteroatoms. The Balaban J connectivity index is 2.15. The second kappa shape index (κ2) is 6.35. The number of ether oxygens (including phenoxy) is 1. The van der Waals surface area contributed by atoms with Crippen LogP contribution in [0, 0.1) is 11.7 Å². The first kappa shape index (κ1) is 14.3. The lowest BCUT2D eigenvalue weighted by Gasteiger charge is -2.30. The summed E-state index contributed by atoms with van der Waals surface area (Å²) in [7, 11) is 1.89. The zero-order valence-corrected chi connectivity index (χ0v) is 11.6. The molecule has 0 amide bonds. The second-order valence-corrected chi connectivity index (χ2v) is 5.29. The molecule has 1 unspecified atom stereocenters. The summed E-state index contributed by atoms with van der Waals surface area (Å²) in [4.78, 5) is 1.92. The summed E-state index contributed by atoms with van der Waals surface area (Å²) in [5, 5.41) is 9.77. The average Bonchev–Trinajstić information content (AvgIpc) is 2.39. The highest BCUT2D eigenvalue weighted by Crippen LogP contribution is 2.30. The number of hydrogen-bond donors (Lipinski definition) is 1. The summed E-state index contributed by atoms with van der Waals surface area (Å²) in [6.07, 6.45) is 1.37. The topological polar surface area (TPSA) is 32.7 Å². The van der Waals surface area contributed by atoms with E-state index in [1.165, 1.54) is 6.07 Å². The van der Waals surface area contributed by atoms with E-state index in [1.54, 1.807) is 19.1 Å². The van der Waals surface area contributed by atoms with E-state index in [-0.39, 0.29) is 5.82 Å². The van der Waals surface area contributed by atoms with Crippen molar-refractivity contribution >= 4 is 5.69 Å². The maximum Gasteiger partial charge on any atom is 0.146 e. The molecule has 1 saturated heterocycles. The minimum Gasteiger partial charge on any atom is -0.389 e. The van der Waals surface area contributed by atoms with Crippen LogP contribution in [-0.4, -0.2) is 31.9 Å². The van der Waals surface area contributed by atoms with Crippen LogP contribution in [0.5, 0.6) is 0 Å². The lowest BCUT2D eigenvalue weighted by molar-refractivity contribution is 0.0684. The van der Waals surface area contributed by atoms with Crippen molar-refractivity contribution in [1.29, 1.82) is 0 Å². The van der Waals surface area contributed by atoms with Gasteiger partial charge in [0.1, 0.15) is 5.82 Å². The number of rotatable bonds is 4. The van der Waals surface area contributed by atoms with Crippen molar-refractivity contribution in [2.45, 2.75) is 25.9 Å². The maximum absolute atomic E-state index is 14.0. The Kier molecular flexibility index (Phi) is 4.77. The maximum atomic E-state index is 14.0. The number of aliphatic hydroxyl groups excluding tert-OH is 1. The third-order valence-electron chi connectivity index (χ3n) is 3.72. The average molecular weight is 267 g/mol. The van der Waals surface area contributed by atoms with Gasteiger partial charge in [-0.1, -0.05) is 12.1 Å². The van der Waals surface area contributed by atoms with Crippen molar-refractivity contribution in [3.63, 3.8) is 0 Å². The lowest BCUT2D eigenvalue weighted by Crippen LogP contribution is -2.30. The van der Waals surface area contributed by atoms with E-state index in [0.717, 1.165) is 32.6 Å². The van der Waals surface area contributed by atoms with Gasteiger partial charge in [-0.05, 0) is 31.7 Å². The fraction of sp³-hybridized carbons (Fsp3) is 0.600. The first-order chi connectivity index (χ1) is 9.09. The zero-order chi connectivity index (χ0) is 13.8. The van der Waals surface area contributed by atoms with Gasteiger partial charge < -0.3 is 14.7 Å². The van der Waals surface area contributed by atoms with Gasteiger partial charge in [0.05, 0.1) is 11.8 Å². The van der Waals surface area contributed by atoms with Crippen LogP contribution in [0.1, 0.15) is 31.4 Å². The standard InChI is InChI=1S/C15H22FNO2/c1-11(18)13-4-3-5-14(16)15(13)17(2)10-12-6-8-19-9-7-12/h3-5,11-12,18H,6-10H2,1-2H3. The molecular formula is C15H22FNO2. The largest absolute Gasteiger partial charge is 0.389 e. The Morgan fingerprint density at radius 3 is 2.74 bits per heavy atom. The van der Waals surface area contributed by atoms with E-state index in [2.05, 4.69) is 0 Å². The number of halogens is 1. The van der Waals surface area contributed by atoms with Crippen LogP contribution in [0.25, 0.3) is 0 Å². The van der Waals surface area contributed by atoms with Gasteiger partial charge in [-0.2, -0.15) is 0 Å². The molecule has 1 aliphatic heterocycles. The molecule has 1 heterocycles. The van der Waals surface area contributed by atoms with Gasteiger partial charge in [0.2, 0.25) is 0 Å². The molecular weight excluding hydrogens is 245 g/mol. The van der Waals surface area contributed by atoms with Crippen LogP contribution in [0.3, 0.4) is 0 Å². The zero-order valence-electron chi connectivity index (χ0n) is 11.6. The molecule has 3 nitrogen and oxygen atoms in total. The summed E-state index contributed by atoms with van der Waals surface area (Å²) in [5.74, 6) is 0.258. The van der Waals surface area contributed by atoms with Gasteiger partial charge >= 0.3 is 0 Å². The van der Waals surface area contributed by atoms with Gasteiger partial charge in [-0.15, -0.1) is 0 Å². The van der Waals surface area contributed by atoms with Crippen LogP contribution in [0.4, 0.5) is 10.1 Å². The second-order valence-electron chi connectivity index (χ2n) is 5.29. The van der Waals surface area contributed by atoms with Crippen molar-refractivity contribution < 1.29 is 14.2 Å². The smallest absolute Gasteiger partial charge is 0.146 e. The predicted molar refractivity (Wildman–Crippen MR) is 73.8 cm³/mol. The highest BCUT2D eigenvalue weighted by molar-refractivity contribution is 5.55. The van der Waals surface area contributed by atoms with E-state index >= 15 is 0 Å². The Bertz CT molecular complexity index is 417. The first-order valence-electron chi connectivity index (χ1n) is 6.85. The highest BCUT2D eigenvalue weighted by Gasteiger charge is 2.20. The number of para-hydroxylation sites is 1. The molecule has 2 rings (SSSR count). The molecule has 1 atom stereocenters. The third-order valence-corrected chi connectivity index (χ3v) is 3.72. The predicted octanol–water partition coefficient (Wildman–Crippen LogP) is 2.74. The van der Waals surface area contributed by atoms with Crippen LogP contribution in [0.15, 0.2) is 18.2 Å². The van der Waals surface area contributed by atoms with Gasteiger partial charge in [-0.25, -0.2) is 4.39 Å². The van der Waals surface area contributed by atoms with Crippen molar-refractivity contribution in [3.05, 3.63) is 29.6 Å². The molecule has 1 fully saturated rings. The molecule has 0 aromatic heterocycles. The van der Waals surface area contributed by atoms with E-state index in [1.807, 2.05) is 11.9 Å². The number of benzene rings is 1. The molecule has 1 aromatic carbocycles. The number of nitrogens with zero attached hydrogens (tertiary/aromatic N) is 1. The van der Waals surface area contributed by atoms with Crippen LogP contribution >= 0.6 is 0 Å². The van der Waals surface area contributed by atoms with E-state index in [4.69, 9.17) is 4.74 Å². The minimum absolute atomic E-state index is 0.270. The van der Waals surface area contributed by atoms with E-state index < -0.39 is 6.10 Å². The minimum atomic E-state index is -0.664. The Morgan fingerprint density at radius 2 is 2.11 bits per heavy atom. The van der Waals surface area contributed by atoms with Gasteiger partial charge in [0.15, 0.2) is 0 Å². The Morgan fingerprint density at radius 1 is 1.42 bits per heavy atom. The van der Waals surface area contributed by atoms with E-state index in [9.17, 15) is 9.50 Å². The summed E-state index contributed by atoms with van der Waals surface area (Å²) < 4.78 is 19.4. The van der Waals surface area contributed by atoms with Gasteiger partial charge in [-0.3, -0.25) is 0 Å². The molecule has 0 spiro atoms. The Hall–Kier alpha value is -1.13. The molecule has 1 N–H and O–H groups in total. The highest BCUT2D eigenvalue weighted by atomic mass is 19.1. The molecule has 106 valence electrons. The van der Waals surface area contributed by atoms with Crippen molar-refractivity contribution in [3.8, 4) is 0 Å². The molecule has 0 aliphatic carbocycles. The van der Waals surface area contributed by atoms with Gasteiger partial charge in [0.25, 0.3) is 0 Å². The van der Waals surface area contributed by atoms with Crippen molar-refractivity contribution in [2.75, 3.05) is 31.7 Å². The van der Waals surface area contributed by atoms with Crippen LogP contribution < -0.4 is 4.90 Å². The summed E-state index contributed by atoms with van der Waals surface area (Å²) in [6, 6.07) is 4.87. The molecule has 1 aliphatic rings. The fourth-order valence-corrected chi connectivity index (χ4v) is 2.68. The monoisotopic (exact) mass is 267 g/mol. The number of anilines is 1. The number of hydrogen-bond acceptors (Lipinski definition) is 3. The van der Waals surface area contributed by atoms with Crippen LogP contribution in [-0.2, 0) is 4.74 Å². The van der Waals surface area contributed by atoms with Crippen molar-refractivity contribution in [2.24, 2.45) is 5.92 Å². The van der Waals surface area contributed by atoms with E-state index in [0.29, 0.717) is 17.2 Å². The molecule has 0 saturated carbocycles. The summed E-state index contributed by atoms with van der Waals surface area (Å²) in [5.41, 5.74) is 1.17. The Labute approximate surface area is 114 Å². The third kappa shape index (κ3) is 3.45. The SMILES string of the molecule is CC(O)c1cccc(F)c1N(C)CC1CCOCC1. The molecule has 1 aromatic rings. The molecule has 19 heavy (non-hydrogen) atoms. The summed E-state index contributed by atoms with van der Waals surface area (Å²) >= 11 is 0.